The number of hydrogen-bond donors (Lipinski definition) is 1. The van der Waals surface area contributed by atoms with Crippen molar-refractivity contribution in [3.05, 3.63) is 0 Å². The first-order valence-electron chi connectivity index (χ1n) is 7.48. The molecule has 124 valence electrons. The molecule has 7 heteroatoms. The molecule has 2 N–H and O–H groups in total. The van der Waals surface area contributed by atoms with E-state index in [0.29, 0.717) is 32.7 Å². The number of piperazine rings is 1. The van der Waals surface area contributed by atoms with Crippen molar-refractivity contribution in [1.82, 2.24) is 9.80 Å². The van der Waals surface area contributed by atoms with Gasteiger partial charge in [-0.1, -0.05) is 13.8 Å². The van der Waals surface area contributed by atoms with Gasteiger partial charge in [-0.2, -0.15) is 24.9 Å². The summed E-state index contributed by atoms with van der Waals surface area (Å²) in [6.07, 6.45) is -3.07. The van der Waals surface area contributed by atoms with E-state index in [1.54, 1.807) is 0 Å². The van der Waals surface area contributed by atoms with Gasteiger partial charge in [-0.05, 0) is 17.6 Å². The fourth-order valence-electron chi connectivity index (χ4n) is 3.61. The molecular weight excluding hydrogens is 299 g/mol. The predicted molar refractivity (Wildman–Crippen MR) is 81.6 cm³/mol. The van der Waals surface area contributed by atoms with Crippen molar-refractivity contribution in [3.63, 3.8) is 0 Å². The molecule has 0 aliphatic carbocycles. The fourth-order valence-corrected chi connectivity index (χ4v) is 5.15. The van der Waals surface area contributed by atoms with Crippen LogP contribution in [0.5, 0.6) is 0 Å². The molecule has 2 saturated heterocycles. The molecule has 0 radical (unpaired) electrons. The van der Waals surface area contributed by atoms with Gasteiger partial charge in [0.2, 0.25) is 0 Å². The van der Waals surface area contributed by atoms with E-state index in [0.717, 1.165) is 17.9 Å². The second-order valence-corrected chi connectivity index (χ2v) is 8.13. The predicted octanol–water partition coefficient (Wildman–Crippen LogP) is 2.03. The van der Waals surface area contributed by atoms with Crippen LogP contribution in [0.3, 0.4) is 0 Å². The number of nitrogens with two attached hydrogens (primary N) is 1. The maximum absolute atomic E-state index is 12.5. The Morgan fingerprint density at radius 2 is 1.71 bits per heavy atom. The Kier molecular flexibility index (Phi) is 5.18. The molecule has 0 amide bonds. The number of halogens is 3. The van der Waals surface area contributed by atoms with Gasteiger partial charge in [-0.3, -0.25) is 9.80 Å². The molecule has 1 unspecified atom stereocenters. The van der Waals surface area contributed by atoms with Crippen LogP contribution < -0.4 is 5.73 Å². The lowest BCUT2D eigenvalue weighted by Gasteiger charge is -2.52. The highest BCUT2D eigenvalue weighted by atomic mass is 32.2. The van der Waals surface area contributed by atoms with Crippen LogP contribution in [0, 0.1) is 5.41 Å². The molecule has 0 aromatic carbocycles. The molecule has 0 spiro atoms. The molecule has 1 atom stereocenters. The van der Waals surface area contributed by atoms with Crippen molar-refractivity contribution in [1.29, 1.82) is 0 Å². The Hall–Kier alpha value is 0.0200. The lowest BCUT2D eigenvalue weighted by molar-refractivity contribution is -0.151. The largest absolute Gasteiger partial charge is 0.401 e. The summed E-state index contributed by atoms with van der Waals surface area (Å²) in [7, 11) is 0. The first-order chi connectivity index (χ1) is 9.66. The van der Waals surface area contributed by atoms with Crippen LogP contribution in [0.1, 0.15) is 20.3 Å². The third-order valence-corrected chi connectivity index (χ3v) is 6.22. The van der Waals surface area contributed by atoms with Gasteiger partial charge in [-0.25, -0.2) is 0 Å². The van der Waals surface area contributed by atoms with Crippen LogP contribution >= 0.6 is 11.8 Å². The molecule has 21 heavy (non-hydrogen) atoms. The first-order valence-corrected chi connectivity index (χ1v) is 8.63. The lowest BCUT2D eigenvalue weighted by Crippen LogP contribution is -2.64. The Labute approximate surface area is 129 Å². The van der Waals surface area contributed by atoms with Crippen molar-refractivity contribution in [3.8, 4) is 0 Å². The summed E-state index contributed by atoms with van der Waals surface area (Å²) >= 11 is 1.92. The molecule has 0 aromatic heterocycles. The molecular formula is C14H26F3N3S. The highest BCUT2D eigenvalue weighted by molar-refractivity contribution is 7.99. The smallest absolute Gasteiger partial charge is 0.329 e. The molecule has 2 fully saturated rings. The summed E-state index contributed by atoms with van der Waals surface area (Å²) in [5, 5.41) is 0. The van der Waals surface area contributed by atoms with Crippen LogP contribution in [0.2, 0.25) is 0 Å². The fraction of sp³-hybridized carbons (Fsp3) is 1.00. The summed E-state index contributed by atoms with van der Waals surface area (Å²) in [5.41, 5.74) is 6.27. The van der Waals surface area contributed by atoms with Gasteiger partial charge < -0.3 is 5.73 Å². The van der Waals surface area contributed by atoms with Gasteiger partial charge in [0.15, 0.2) is 0 Å². The van der Waals surface area contributed by atoms with E-state index in [2.05, 4.69) is 18.7 Å². The van der Waals surface area contributed by atoms with Gasteiger partial charge in [-0.15, -0.1) is 0 Å². The maximum atomic E-state index is 12.5. The van der Waals surface area contributed by atoms with E-state index in [9.17, 15) is 13.2 Å². The minimum absolute atomic E-state index is 0.0449. The zero-order chi connectivity index (χ0) is 15.7. The third kappa shape index (κ3) is 4.50. The van der Waals surface area contributed by atoms with Gasteiger partial charge in [0.1, 0.15) is 0 Å². The number of nitrogens with zero attached hydrogens (tertiary/aromatic N) is 2. The SMILES string of the molecule is CC1(C)CSCC(CN)(N2CCN(CC(F)(F)F)CC2)C1. The van der Waals surface area contributed by atoms with E-state index in [1.807, 2.05) is 11.8 Å². The number of rotatable bonds is 3. The molecule has 3 nitrogen and oxygen atoms in total. The monoisotopic (exact) mass is 325 g/mol. The van der Waals surface area contributed by atoms with Crippen molar-refractivity contribution in [2.45, 2.75) is 32.0 Å². The third-order valence-electron chi connectivity index (χ3n) is 4.50. The zero-order valence-corrected chi connectivity index (χ0v) is 13.7. The second kappa shape index (κ2) is 6.26. The van der Waals surface area contributed by atoms with Crippen molar-refractivity contribution < 1.29 is 13.2 Å². The highest BCUT2D eigenvalue weighted by Crippen LogP contribution is 2.42. The van der Waals surface area contributed by atoms with Gasteiger partial charge in [0, 0.05) is 44.0 Å². The molecule has 2 aliphatic rings. The van der Waals surface area contributed by atoms with Crippen LogP contribution in [0.15, 0.2) is 0 Å². The van der Waals surface area contributed by atoms with Gasteiger partial charge >= 0.3 is 6.18 Å². The standard InChI is InChI=1S/C14H26F3N3S/c1-12(2)7-13(8-18,11-21-10-12)20-5-3-19(4-6-20)9-14(15,16)17/h3-11,18H2,1-2H3. The average molecular weight is 325 g/mol. The van der Waals surface area contributed by atoms with Gasteiger partial charge in [0.05, 0.1) is 6.54 Å². The minimum atomic E-state index is -4.10. The quantitative estimate of drug-likeness (QED) is 0.861. The summed E-state index contributed by atoms with van der Waals surface area (Å²) in [6, 6.07) is 0. The number of thioether (sulfide) groups is 1. The number of alkyl halides is 3. The minimum Gasteiger partial charge on any atom is -0.329 e. The van der Waals surface area contributed by atoms with Gasteiger partial charge in [0.25, 0.3) is 0 Å². The van der Waals surface area contributed by atoms with E-state index in [-0.39, 0.29) is 11.0 Å². The molecule has 2 aliphatic heterocycles. The first kappa shape index (κ1) is 17.4. The Morgan fingerprint density at radius 3 is 2.19 bits per heavy atom. The number of hydrogen-bond acceptors (Lipinski definition) is 4. The Morgan fingerprint density at radius 1 is 1.10 bits per heavy atom. The lowest BCUT2D eigenvalue weighted by atomic mass is 9.78. The molecule has 0 bridgehead atoms. The Bertz CT molecular complexity index is 354. The van der Waals surface area contributed by atoms with Crippen molar-refractivity contribution in [2.24, 2.45) is 11.1 Å². The van der Waals surface area contributed by atoms with Crippen LogP contribution in [-0.2, 0) is 0 Å². The van der Waals surface area contributed by atoms with E-state index < -0.39 is 12.7 Å². The molecule has 0 aromatic rings. The topological polar surface area (TPSA) is 32.5 Å². The maximum Gasteiger partial charge on any atom is 0.401 e. The van der Waals surface area contributed by atoms with E-state index >= 15 is 0 Å². The summed E-state index contributed by atoms with van der Waals surface area (Å²) < 4.78 is 37.4. The van der Waals surface area contributed by atoms with E-state index in [4.69, 9.17) is 5.73 Å². The normalized spacial score (nSPS) is 32.3. The highest BCUT2D eigenvalue weighted by Gasteiger charge is 2.45. The van der Waals surface area contributed by atoms with Crippen LogP contribution in [0.4, 0.5) is 13.2 Å². The summed E-state index contributed by atoms with van der Waals surface area (Å²) in [5.74, 6) is 2.12. The summed E-state index contributed by atoms with van der Waals surface area (Å²) in [4.78, 5) is 3.84. The molecule has 0 saturated carbocycles. The second-order valence-electron chi connectivity index (χ2n) is 7.14. The van der Waals surface area contributed by atoms with Crippen LogP contribution in [0.25, 0.3) is 0 Å². The molecule has 2 heterocycles. The molecule has 2 rings (SSSR count). The van der Waals surface area contributed by atoms with Crippen molar-refractivity contribution in [2.75, 3.05) is 50.8 Å². The van der Waals surface area contributed by atoms with Crippen LogP contribution in [-0.4, -0.2) is 72.3 Å². The zero-order valence-electron chi connectivity index (χ0n) is 12.9. The van der Waals surface area contributed by atoms with E-state index in [1.165, 1.54) is 4.90 Å². The van der Waals surface area contributed by atoms with Crippen molar-refractivity contribution >= 4 is 11.8 Å². The summed E-state index contributed by atoms with van der Waals surface area (Å²) in [6.45, 7) is 6.62. The Balaban J connectivity index is 1.96. The average Bonchev–Trinajstić information content (AvgIpc) is 2.36.